The summed E-state index contributed by atoms with van der Waals surface area (Å²) in [5, 5.41) is 11.7. The molecule has 0 saturated carbocycles. The van der Waals surface area contributed by atoms with Crippen LogP contribution >= 0.6 is 12.4 Å². The molecule has 2 aromatic heterocycles. The van der Waals surface area contributed by atoms with Gasteiger partial charge in [-0.3, -0.25) is 0 Å². The Kier molecular flexibility index (Phi) is 5.59. The first-order chi connectivity index (χ1) is 12.5. The molecule has 1 aromatic carbocycles. The largest absolute Gasteiger partial charge is 0.330 e. The van der Waals surface area contributed by atoms with Crippen molar-refractivity contribution >= 4 is 22.2 Å². The molecule has 1 atom stereocenters. The number of hydrogen-bond acceptors (Lipinski definition) is 8. The molecule has 144 valence electrons. The average Bonchev–Trinajstić information content (AvgIpc) is 3.31. The summed E-state index contributed by atoms with van der Waals surface area (Å²) in [6.45, 7) is 1.90. The second-order valence-corrected chi connectivity index (χ2v) is 8.28. The average molecular weight is 411 g/mol. The van der Waals surface area contributed by atoms with Gasteiger partial charge < -0.3 is 9.84 Å². The highest BCUT2D eigenvalue weighted by Gasteiger charge is 2.19. The highest BCUT2D eigenvalue weighted by molar-refractivity contribution is 7.90. The van der Waals surface area contributed by atoms with E-state index < -0.39 is 9.84 Å². The van der Waals surface area contributed by atoms with Gasteiger partial charge in [-0.25, -0.2) is 18.1 Å². The quantitative estimate of drug-likeness (QED) is 0.691. The van der Waals surface area contributed by atoms with Gasteiger partial charge in [0.05, 0.1) is 10.9 Å². The Labute approximate surface area is 162 Å². The molecule has 0 aliphatic carbocycles. The van der Waals surface area contributed by atoms with E-state index >= 15 is 0 Å². The summed E-state index contributed by atoms with van der Waals surface area (Å²) >= 11 is 0. The van der Waals surface area contributed by atoms with Crippen molar-refractivity contribution in [1.29, 1.82) is 0 Å². The minimum atomic E-state index is -3.24. The lowest BCUT2D eigenvalue weighted by atomic mass is 10.1. The van der Waals surface area contributed by atoms with E-state index in [1.165, 1.54) is 12.1 Å². The zero-order valence-corrected chi connectivity index (χ0v) is 16.2. The molecule has 0 amide bonds. The number of nitrogens with zero attached hydrogens (tertiary/aromatic N) is 5. The van der Waals surface area contributed by atoms with Gasteiger partial charge in [-0.1, -0.05) is 5.16 Å². The predicted octanol–water partition coefficient (Wildman–Crippen LogP) is 1.74. The van der Waals surface area contributed by atoms with E-state index in [0.717, 1.165) is 32.2 Å². The van der Waals surface area contributed by atoms with Crippen molar-refractivity contribution in [2.45, 2.75) is 23.8 Å². The van der Waals surface area contributed by atoms with Crippen LogP contribution in [0.15, 0.2) is 40.0 Å². The van der Waals surface area contributed by atoms with Gasteiger partial charge in [0.15, 0.2) is 9.84 Å². The molecule has 0 bridgehead atoms. The van der Waals surface area contributed by atoms with Crippen molar-refractivity contribution < 1.29 is 12.9 Å². The number of rotatable bonds is 4. The molecule has 3 heterocycles. The van der Waals surface area contributed by atoms with Crippen molar-refractivity contribution in [3.63, 3.8) is 0 Å². The highest BCUT2D eigenvalue weighted by atomic mass is 35.5. The number of aromatic nitrogens is 5. The minimum Gasteiger partial charge on any atom is -0.330 e. The van der Waals surface area contributed by atoms with Crippen LogP contribution in [0.25, 0.3) is 23.1 Å². The van der Waals surface area contributed by atoms with E-state index in [2.05, 4.69) is 25.5 Å². The summed E-state index contributed by atoms with van der Waals surface area (Å²) in [6, 6.07) is 6.60. The maximum Gasteiger partial charge on any atom is 0.297 e. The zero-order chi connectivity index (χ0) is 18.1. The second kappa shape index (κ2) is 7.75. The van der Waals surface area contributed by atoms with E-state index in [4.69, 9.17) is 4.52 Å². The summed E-state index contributed by atoms with van der Waals surface area (Å²) in [5.41, 5.74) is 0.656. The van der Waals surface area contributed by atoms with Crippen LogP contribution in [-0.2, 0) is 9.84 Å². The first kappa shape index (κ1) is 19.5. The van der Waals surface area contributed by atoms with Crippen LogP contribution in [0.4, 0.5) is 0 Å². The van der Waals surface area contributed by atoms with Crippen LogP contribution in [0, 0.1) is 0 Å². The molecule has 9 nitrogen and oxygen atoms in total. The third-order valence-electron chi connectivity index (χ3n) is 4.31. The molecular formula is C16H19ClN6O3S. The molecule has 3 aromatic rings. The van der Waals surface area contributed by atoms with Crippen LogP contribution in [0.3, 0.4) is 0 Å². The van der Waals surface area contributed by atoms with Gasteiger partial charge in [0, 0.05) is 18.4 Å². The van der Waals surface area contributed by atoms with Crippen molar-refractivity contribution in [1.82, 2.24) is 30.2 Å². The van der Waals surface area contributed by atoms with Gasteiger partial charge in [0.25, 0.3) is 5.89 Å². The van der Waals surface area contributed by atoms with Gasteiger partial charge in [-0.15, -0.1) is 17.5 Å². The molecule has 1 N–H and O–H groups in total. The SMILES string of the molecule is CS(=O)(=O)c1ccc(-c2noc(-c3ncn(C4CCCNC4)n3)n2)cc1.Cl. The van der Waals surface area contributed by atoms with Gasteiger partial charge in [0.2, 0.25) is 11.6 Å². The standard InChI is InChI=1S/C16H18N6O3S.ClH/c1-26(23,24)13-6-4-11(5-7-13)14-19-16(25-21-14)15-18-10-22(20-15)12-3-2-8-17-9-12;/h4-7,10,12,17H,2-3,8-9H2,1H3;1H. The number of halogens is 1. The fourth-order valence-electron chi connectivity index (χ4n) is 2.89. The zero-order valence-electron chi connectivity index (χ0n) is 14.6. The first-order valence-electron chi connectivity index (χ1n) is 8.27. The van der Waals surface area contributed by atoms with Crippen molar-refractivity contribution in [2.75, 3.05) is 19.3 Å². The Hall–Kier alpha value is -2.30. The molecule has 11 heteroatoms. The van der Waals surface area contributed by atoms with Gasteiger partial charge in [0.1, 0.15) is 6.33 Å². The Bertz CT molecular complexity index is 1010. The van der Waals surface area contributed by atoms with Crippen molar-refractivity contribution in [2.24, 2.45) is 0 Å². The highest BCUT2D eigenvalue weighted by Crippen LogP contribution is 2.22. The van der Waals surface area contributed by atoms with Crippen LogP contribution in [-0.4, -0.2) is 52.7 Å². The Morgan fingerprint density at radius 2 is 2.00 bits per heavy atom. The Morgan fingerprint density at radius 3 is 2.67 bits per heavy atom. The molecular weight excluding hydrogens is 392 g/mol. The van der Waals surface area contributed by atoms with Gasteiger partial charge >= 0.3 is 0 Å². The van der Waals surface area contributed by atoms with Crippen LogP contribution in [0.1, 0.15) is 18.9 Å². The number of piperidine rings is 1. The predicted molar refractivity (Wildman–Crippen MR) is 100 cm³/mol. The van der Waals surface area contributed by atoms with Crippen LogP contribution in [0.5, 0.6) is 0 Å². The fraction of sp³-hybridized carbons (Fsp3) is 0.375. The fourth-order valence-corrected chi connectivity index (χ4v) is 3.52. The molecule has 1 fully saturated rings. The maximum absolute atomic E-state index is 11.5. The lowest BCUT2D eigenvalue weighted by molar-refractivity contribution is 0.345. The lowest BCUT2D eigenvalue weighted by Crippen LogP contribution is -2.31. The smallest absolute Gasteiger partial charge is 0.297 e. The van der Waals surface area contributed by atoms with Crippen LogP contribution in [0.2, 0.25) is 0 Å². The Balaban J connectivity index is 0.00000210. The van der Waals surface area contributed by atoms with Crippen molar-refractivity contribution in [3.8, 4) is 23.1 Å². The molecule has 1 saturated heterocycles. The van der Waals surface area contributed by atoms with E-state index in [1.54, 1.807) is 18.5 Å². The maximum atomic E-state index is 11.5. The summed E-state index contributed by atoms with van der Waals surface area (Å²) < 4.78 is 30.2. The third-order valence-corrected chi connectivity index (χ3v) is 5.44. The van der Waals surface area contributed by atoms with Crippen LogP contribution < -0.4 is 5.32 Å². The Morgan fingerprint density at radius 1 is 1.22 bits per heavy atom. The summed E-state index contributed by atoms with van der Waals surface area (Å²) in [7, 11) is -3.24. The second-order valence-electron chi connectivity index (χ2n) is 6.27. The van der Waals surface area contributed by atoms with Gasteiger partial charge in [-0.05, 0) is 43.7 Å². The molecule has 1 aliphatic rings. The minimum absolute atomic E-state index is 0. The summed E-state index contributed by atoms with van der Waals surface area (Å²) in [6.07, 6.45) is 5.00. The lowest BCUT2D eigenvalue weighted by Gasteiger charge is -2.22. The number of hydrogen-bond donors (Lipinski definition) is 1. The van der Waals surface area contributed by atoms with Gasteiger partial charge in [-0.2, -0.15) is 4.98 Å². The van der Waals surface area contributed by atoms with E-state index in [-0.39, 0.29) is 29.2 Å². The monoisotopic (exact) mass is 410 g/mol. The molecule has 0 spiro atoms. The molecule has 1 aliphatic heterocycles. The van der Waals surface area contributed by atoms with E-state index in [9.17, 15) is 8.42 Å². The summed E-state index contributed by atoms with van der Waals surface area (Å²) in [4.78, 5) is 8.83. The van der Waals surface area contributed by atoms with E-state index in [0.29, 0.717) is 17.2 Å². The normalized spacial score (nSPS) is 17.4. The topological polar surface area (TPSA) is 116 Å². The number of nitrogens with one attached hydrogen (secondary N) is 1. The first-order valence-corrected chi connectivity index (χ1v) is 10.2. The molecule has 4 rings (SSSR count). The van der Waals surface area contributed by atoms with E-state index in [1.807, 2.05) is 4.68 Å². The van der Waals surface area contributed by atoms with Crippen molar-refractivity contribution in [3.05, 3.63) is 30.6 Å². The molecule has 27 heavy (non-hydrogen) atoms. The number of benzene rings is 1. The third kappa shape index (κ3) is 4.18. The molecule has 1 unspecified atom stereocenters. The molecule has 0 radical (unpaired) electrons. The summed E-state index contributed by atoms with van der Waals surface area (Å²) in [5.74, 6) is 0.965. The number of sulfone groups is 1.